The van der Waals surface area contributed by atoms with Gasteiger partial charge in [-0.1, -0.05) is 24.3 Å². The lowest BCUT2D eigenvalue weighted by atomic mass is 9.92. The molecule has 0 bridgehead atoms. The summed E-state index contributed by atoms with van der Waals surface area (Å²) in [6.45, 7) is 9.71. The zero-order valence-electron chi connectivity index (χ0n) is 14.7. The molecule has 0 fully saturated rings. The number of rotatable bonds is 6. The summed E-state index contributed by atoms with van der Waals surface area (Å²) >= 11 is 0. The third-order valence-corrected chi connectivity index (χ3v) is 3.58. The molecule has 0 aromatic heterocycles. The average molecular weight is 432 g/mol. The quantitative estimate of drug-likeness (QED) is 0.368. The van der Waals surface area contributed by atoms with Crippen molar-refractivity contribution in [1.82, 2.24) is 16.0 Å². The molecule has 0 heterocycles. The summed E-state index contributed by atoms with van der Waals surface area (Å²) in [5.41, 5.74) is 1.98. The van der Waals surface area contributed by atoms with Crippen LogP contribution in [0.3, 0.4) is 0 Å². The third-order valence-electron chi connectivity index (χ3n) is 3.58. The van der Waals surface area contributed by atoms with Crippen molar-refractivity contribution in [3.63, 3.8) is 0 Å². The van der Waals surface area contributed by atoms with Gasteiger partial charge in [-0.2, -0.15) is 0 Å². The van der Waals surface area contributed by atoms with Crippen LogP contribution in [0.25, 0.3) is 0 Å². The number of carbonyl (C=O) groups is 1. The Bertz CT molecular complexity index is 529. The summed E-state index contributed by atoms with van der Waals surface area (Å²) in [5, 5.41) is 9.35. The zero-order chi connectivity index (χ0) is 16.6. The van der Waals surface area contributed by atoms with Gasteiger partial charge in [0.1, 0.15) is 0 Å². The van der Waals surface area contributed by atoms with Crippen molar-refractivity contribution < 1.29 is 4.79 Å². The van der Waals surface area contributed by atoms with Crippen LogP contribution in [0, 0.1) is 12.3 Å². The first-order valence-electron chi connectivity index (χ1n) is 7.68. The molecule has 1 rings (SSSR count). The van der Waals surface area contributed by atoms with Gasteiger partial charge in [-0.15, -0.1) is 24.0 Å². The lowest BCUT2D eigenvalue weighted by Crippen LogP contribution is -2.47. The molecule has 3 N–H and O–H groups in total. The largest absolute Gasteiger partial charge is 0.356 e. The first-order chi connectivity index (χ1) is 10.4. The van der Waals surface area contributed by atoms with E-state index in [9.17, 15) is 4.79 Å². The summed E-state index contributed by atoms with van der Waals surface area (Å²) in [6.07, 6.45) is 0. The number of guanidine groups is 1. The molecule has 6 heteroatoms. The van der Waals surface area contributed by atoms with Gasteiger partial charge in [0.25, 0.3) is 0 Å². The number of nitrogens with one attached hydrogen (secondary N) is 3. The lowest BCUT2D eigenvalue weighted by molar-refractivity contribution is -0.128. The molecule has 1 aromatic rings. The van der Waals surface area contributed by atoms with Crippen LogP contribution in [0.1, 0.15) is 31.9 Å². The van der Waals surface area contributed by atoms with Crippen molar-refractivity contribution in [2.24, 2.45) is 10.4 Å². The molecule has 0 radical (unpaired) electrons. The Labute approximate surface area is 156 Å². The Balaban J connectivity index is 0.00000484. The highest BCUT2D eigenvalue weighted by Crippen LogP contribution is 2.13. The monoisotopic (exact) mass is 432 g/mol. The number of carbonyl (C=O) groups excluding carboxylic acids is 1. The molecular formula is C17H29IN4O. The molecule has 0 unspecified atom stereocenters. The molecule has 0 aliphatic heterocycles. The van der Waals surface area contributed by atoms with Crippen LogP contribution >= 0.6 is 24.0 Å². The van der Waals surface area contributed by atoms with Crippen LogP contribution in [-0.2, 0) is 11.3 Å². The van der Waals surface area contributed by atoms with E-state index in [4.69, 9.17) is 0 Å². The summed E-state index contributed by atoms with van der Waals surface area (Å²) < 4.78 is 0. The van der Waals surface area contributed by atoms with Crippen molar-refractivity contribution in [2.45, 2.75) is 34.2 Å². The van der Waals surface area contributed by atoms with Crippen LogP contribution in [-0.4, -0.2) is 32.0 Å². The summed E-state index contributed by atoms with van der Waals surface area (Å²) in [7, 11) is 1.73. The maximum Gasteiger partial charge on any atom is 0.227 e. The van der Waals surface area contributed by atoms with Gasteiger partial charge in [0, 0.05) is 26.7 Å². The van der Waals surface area contributed by atoms with E-state index in [1.54, 1.807) is 7.05 Å². The Hall–Kier alpha value is -1.31. The molecule has 23 heavy (non-hydrogen) atoms. The van der Waals surface area contributed by atoms with Crippen LogP contribution in [0.2, 0.25) is 0 Å². The molecule has 1 amide bonds. The molecule has 5 nitrogen and oxygen atoms in total. The van der Waals surface area contributed by atoms with Crippen LogP contribution in [0.15, 0.2) is 29.3 Å². The van der Waals surface area contributed by atoms with Crippen LogP contribution in [0.4, 0.5) is 0 Å². The van der Waals surface area contributed by atoms with E-state index < -0.39 is 5.41 Å². The number of benzene rings is 1. The number of hydrogen-bond acceptors (Lipinski definition) is 2. The fourth-order valence-electron chi connectivity index (χ4n) is 1.99. The number of aliphatic imine (C=N–C) groups is 1. The van der Waals surface area contributed by atoms with Crippen molar-refractivity contribution in [2.75, 3.05) is 20.1 Å². The van der Waals surface area contributed by atoms with Gasteiger partial charge in [-0.3, -0.25) is 9.79 Å². The van der Waals surface area contributed by atoms with Crippen LogP contribution in [0.5, 0.6) is 0 Å². The second-order valence-electron chi connectivity index (χ2n) is 5.95. The SMILES string of the molecule is CCNC(=O)C(C)(C)CNC(=NC)NCc1ccccc1C.I. The zero-order valence-corrected chi connectivity index (χ0v) is 17.0. The molecule has 0 spiro atoms. The molecule has 0 atom stereocenters. The maximum absolute atomic E-state index is 12.0. The summed E-state index contributed by atoms with van der Waals surface area (Å²) in [4.78, 5) is 16.2. The molecule has 1 aromatic carbocycles. The maximum atomic E-state index is 12.0. The topological polar surface area (TPSA) is 65.5 Å². The van der Waals surface area contributed by atoms with Gasteiger partial charge < -0.3 is 16.0 Å². The van der Waals surface area contributed by atoms with Crippen molar-refractivity contribution in [3.8, 4) is 0 Å². The first kappa shape index (κ1) is 21.7. The minimum absolute atomic E-state index is 0. The van der Waals surface area contributed by atoms with E-state index in [0.717, 1.165) is 0 Å². The van der Waals surface area contributed by atoms with Gasteiger partial charge >= 0.3 is 0 Å². The third kappa shape index (κ3) is 7.20. The Morgan fingerprint density at radius 1 is 1.17 bits per heavy atom. The predicted octanol–water partition coefficient (Wildman–Crippen LogP) is 2.44. The molecule has 0 aliphatic carbocycles. The van der Waals surface area contributed by atoms with E-state index in [2.05, 4.69) is 40.0 Å². The van der Waals surface area contributed by atoms with E-state index in [0.29, 0.717) is 25.6 Å². The number of halogens is 1. The Morgan fingerprint density at radius 3 is 2.39 bits per heavy atom. The standard InChI is InChI=1S/C17H28N4O.HI/c1-6-19-15(22)17(3,4)12-21-16(18-5)20-11-14-10-8-7-9-13(14)2;/h7-10H,6,11-12H2,1-5H3,(H,19,22)(H2,18,20,21);1H. The highest BCUT2D eigenvalue weighted by molar-refractivity contribution is 14.0. The molecule has 0 aliphatic rings. The van der Waals surface area contributed by atoms with Crippen molar-refractivity contribution in [3.05, 3.63) is 35.4 Å². The van der Waals surface area contributed by atoms with Crippen molar-refractivity contribution >= 4 is 35.8 Å². The molecule has 130 valence electrons. The first-order valence-corrected chi connectivity index (χ1v) is 7.68. The number of hydrogen-bond donors (Lipinski definition) is 3. The summed E-state index contributed by atoms with van der Waals surface area (Å²) in [6, 6.07) is 8.23. The highest BCUT2D eigenvalue weighted by Gasteiger charge is 2.27. The van der Waals surface area contributed by atoms with Gasteiger partial charge in [-0.25, -0.2) is 0 Å². The van der Waals surface area contributed by atoms with Crippen LogP contribution < -0.4 is 16.0 Å². The fourth-order valence-corrected chi connectivity index (χ4v) is 1.99. The number of nitrogens with zero attached hydrogens (tertiary/aromatic N) is 1. The Morgan fingerprint density at radius 2 is 1.83 bits per heavy atom. The molecule has 0 saturated carbocycles. The highest BCUT2D eigenvalue weighted by atomic mass is 127. The molecular weight excluding hydrogens is 403 g/mol. The minimum atomic E-state index is -0.490. The van der Waals surface area contributed by atoms with Gasteiger partial charge in [-0.05, 0) is 38.8 Å². The van der Waals surface area contributed by atoms with Crippen molar-refractivity contribution in [1.29, 1.82) is 0 Å². The fraction of sp³-hybridized carbons (Fsp3) is 0.529. The number of aryl methyl sites for hydroxylation is 1. The van der Waals surface area contributed by atoms with E-state index in [1.807, 2.05) is 32.9 Å². The minimum Gasteiger partial charge on any atom is -0.356 e. The van der Waals surface area contributed by atoms with E-state index in [-0.39, 0.29) is 29.9 Å². The second-order valence-corrected chi connectivity index (χ2v) is 5.95. The van der Waals surface area contributed by atoms with Gasteiger partial charge in [0.2, 0.25) is 5.91 Å². The smallest absolute Gasteiger partial charge is 0.227 e. The van der Waals surface area contributed by atoms with E-state index >= 15 is 0 Å². The normalized spacial score (nSPS) is 11.4. The summed E-state index contributed by atoms with van der Waals surface area (Å²) in [5.74, 6) is 0.734. The Kier molecular flexibility index (Phi) is 9.87. The second kappa shape index (κ2) is 10.5. The predicted molar refractivity (Wildman–Crippen MR) is 107 cm³/mol. The lowest BCUT2D eigenvalue weighted by Gasteiger charge is -2.25. The number of amides is 1. The van der Waals surface area contributed by atoms with Gasteiger partial charge in [0.05, 0.1) is 5.41 Å². The average Bonchev–Trinajstić information content (AvgIpc) is 2.49. The molecule has 0 saturated heterocycles. The van der Waals surface area contributed by atoms with Gasteiger partial charge in [0.15, 0.2) is 5.96 Å². The van der Waals surface area contributed by atoms with E-state index in [1.165, 1.54) is 11.1 Å².